The predicted octanol–water partition coefficient (Wildman–Crippen LogP) is 3.38. The molecule has 0 spiro atoms. The number of hydrogen-bond acceptors (Lipinski definition) is 2. The molecule has 2 aromatic rings. The SMILES string of the molecule is CNC(CCc1nccn1C)c1cc(C)ccc1Br. The molecule has 4 heteroatoms. The second-order valence-electron chi connectivity index (χ2n) is 4.86. The lowest BCUT2D eigenvalue weighted by Gasteiger charge is -2.18. The van der Waals surface area contributed by atoms with Gasteiger partial charge >= 0.3 is 0 Å². The van der Waals surface area contributed by atoms with Gasteiger partial charge in [0.2, 0.25) is 0 Å². The first-order valence-corrected chi connectivity index (χ1v) is 7.30. The Balaban J connectivity index is 2.12. The van der Waals surface area contributed by atoms with Crippen LogP contribution < -0.4 is 5.32 Å². The second-order valence-corrected chi connectivity index (χ2v) is 5.71. The molecule has 1 unspecified atom stereocenters. The maximum Gasteiger partial charge on any atom is 0.108 e. The summed E-state index contributed by atoms with van der Waals surface area (Å²) in [6.45, 7) is 2.13. The van der Waals surface area contributed by atoms with Crippen molar-refractivity contribution in [2.45, 2.75) is 25.8 Å². The smallest absolute Gasteiger partial charge is 0.108 e. The first-order chi connectivity index (χ1) is 9.11. The van der Waals surface area contributed by atoms with Gasteiger partial charge in [0.25, 0.3) is 0 Å². The van der Waals surface area contributed by atoms with Gasteiger partial charge in [0.05, 0.1) is 0 Å². The highest BCUT2D eigenvalue weighted by Gasteiger charge is 2.14. The van der Waals surface area contributed by atoms with Crippen LogP contribution in [0.25, 0.3) is 0 Å². The molecule has 0 bridgehead atoms. The van der Waals surface area contributed by atoms with Gasteiger partial charge in [-0.05, 0) is 32.0 Å². The maximum atomic E-state index is 4.38. The van der Waals surface area contributed by atoms with Crippen LogP contribution in [0, 0.1) is 6.92 Å². The number of imidazole rings is 1. The van der Waals surface area contributed by atoms with Crippen LogP contribution in [0.2, 0.25) is 0 Å². The molecule has 0 aliphatic rings. The first-order valence-electron chi connectivity index (χ1n) is 6.51. The molecule has 3 nitrogen and oxygen atoms in total. The van der Waals surface area contributed by atoms with Crippen molar-refractivity contribution in [1.82, 2.24) is 14.9 Å². The van der Waals surface area contributed by atoms with Crippen molar-refractivity contribution in [2.24, 2.45) is 7.05 Å². The summed E-state index contributed by atoms with van der Waals surface area (Å²) in [6.07, 6.45) is 5.84. The molecule has 1 atom stereocenters. The predicted molar refractivity (Wildman–Crippen MR) is 82.2 cm³/mol. The fourth-order valence-corrected chi connectivity index (χ4v) is 2.82. The fourth-order valence-electron chi connectivity index (χ4n) is 2.30. The Kier molecular flexibility index (Phi) is 4.77. The molecule has 0 saturated carbocycles. The molecule has 0 aliphatic carbocycles. The summed E-state index contributed by atoms with van der Waals surface area (Å²) in [5.74, 6) is 1.13. The van der Waals surface area contributed by atoms with Crippen LogP contribution in [-0.2, 0) is 13.5 Å². The largest absolute Gasteiger partial charge is 0.338 e. The Labute approximate surface area is 123 Å². The molecule has 1 aromatic heterocycles. The summed E-state index contributed by atoms with van der Waals surface area (Å²) in [4.78, 5) is 4.38. The van der Waals surface area contributed by atoms with E-state index < -0.39 is 0 Å². The Morgan fingerprint density at radius 3 is 2.84 bits per heavy atom. The van der Waals surface area contributed by atoms with Gasteiger partial charge in [-0.3, -0.25) is 0 Å². The molecule has 1 N–H and O–H groups in total. The third-order valence-electron chi connectivity index (χ3n) is 3.45. The van der Waals surface area contributed by atoms with E-state index in [2.05, 4.69) is 55.9 Å². The molecule has 0 amide bonds. The minimum atomic E-state index is 0.339. The van der Waals surface area contributed by atoms with Crippen molar-refractivity contribution in [1.29, 1.82) is 0 Å². The summed E-state index contributed by atoms with van der Waals surface area (Å²) >= 11 is 3.64. The van der Waals surface area contributed by atoms with Crippen LogP contribution >= 0.6 is 15.9 Å². The molecular formula is C15H20BrN3. The molecule has 1 aromatic carbocycles. The van der Waals surface area contributed by atoms with Crippen molar-refractivity contribution in [3.63, 3.8) is 0 Å². The molecule has 0 radical (unpaired) electrons. The quantitative estimate of drug-likeness (QED) is 0.914. The molecule has 102 valence electrons. The third-order valence-corrected chi connectivity index (χ3v) is 4.18. The van der Waals surface area contributed by atoms with Crippen molar-refractivity contribution < 1.29 is 0 Å². The Hall–Kier alpha value is -1.13. The molecule has 2 rings (SSSR count). The van der Waals surface area contributed by atoms with Crippen LogP contribution in [0.4, 0.5) is 0 Å². The monoisotopic (exact) mass is 321 g/mol. The Bertz CT molecular complexity index is 548. The van der Waals surface area contributed by atoms with Gasteiger partial charge < -0.3 is 9.88 Å². The van der Waals surface area contributed by atoms with Gasteiger partial charge in [-0.2, -0.15) is 0 Å². The van der Waals surface area contributed by atoms with E-state index in [-0.39, 0.29) is 0 Å². The Morgan fingerprint density at radius 1 is 1.42 bits per heavy atom. The van der Waals surface area contributed by atoms with Gasteiger partial charge in [0, 0.05) is 36.4 Å². The van der Waals surface area contributed by atoms with E-state index in [1.807, 2.05) is 26.5 Å². The van der Waals surface area contributed by atoms with Gasteiger partial charge in [-0.15, -0.1) is 0 Å². The lowest BCUT2D eigenvalue weighted by Crippen LogP contribution is -2.18. The van der Waals surface area contributed by atoms with Crippen LogP contribution in [-0.4, -0.2) is 16.6 Å². The number of aromatic nitrogens is 2. The normalized spacial score (nSPS) is 12.6. The van der Waals surface area contributed by atoms with Crippen LogP contribution in [0.3, 0.4) is 0 Å². The van der Waals surface area contributed by atoms with E-state index in [9.17, 15) is 0 Å². The minimum absolute atomic E-state index is 0.339. The van der Waals surface area contributed by atoms with E-state index >= 15 is 0 Å². The summed E-state index contributed by atoms with van der Waals surface area (Å²) in [6, 6.07) is 6.82. The van der Waals surface area contributed by atoms with Crippen molar-refractivity contribution in [3.8, 4) is 0 Å². The molecule has 0 aliphatic heterocycles. The number of rotatable bonds is 5. The highest BCUT2D eigenvalue weighted by atomic mass is 79.9. The second kappa shape index (κ2) is 6.35. The van der Waals surface area contributed by atoms with E-state index in [1.54, 1.807) is 0 Å². The van der Waals surface area contributed by atoms with E-state index in [4.69, 9.17) is 0 Å². The van der Waals surface area contributed by atoms with Crippen LogP contribution in [0.5, 0.6) is 0 Å². The highest BCUT2D eigenvalue weighted by molar-refractivity contribution is 9.10. The maximum absolute atomic E-state index is 4.38. The number of nitrogens with zero attached hydrogens (tertiary/aromatic N) is 2. The summed E-state index contributed by atoms with van der Waals surface area (Å²) in [5, 5.41) is 3.40. The number of aryl methyl sites for hydroxylation is 3. The number of nitrogens with one attached hydrogen (secondary N) is 1. The lowest BCUT2D eigenvalue weighted by atomic mass is 10.00. The zero-order chi connectivity index (χ0) is 13.8. The zero-order valence-electron chi connectivity index (χ0n) is 11.7. The summed E-state index contributed by atoms with van der Waals surface area (Å²) in [7, 11) is 4.05. The van der Waals surface area contributed by atoms with Crippen LogP contribution in [0.15, 0.2) is 35.1 Å². The standard InChI is InChI=1S/C15H20BrN3/c1-11-4-5-13(16)12(10-11)14(17-2)6-7-15-18-8-9-19(15)3/h4-5,8-10,14,17H,6-7H2,1-3H3. The third kappa shape index (κ3) is 3.45. The first kappa shape index (κ1) is 14.3. The summed E-state index contributed by atoms with van der Waals surface area (Å²) in [5.41, 5.74) is 2.60. The number of halogens is 1. The minimum Gasteiger partial charge on any atom is -0.338 e. The highest BCUT2D eigenvalue weighted by Crippen LogP contribution is 2.27. The van der Waals surface area contributed by atoms with E-state index in [0.717, 1.165) is 23.1 Å². The van der Waals surface area contributed by atoms with Crippen LogP contribution in [0.1, 0.15) is 29.4 Å². The van der Waals surface area contributed by atoms with Gasteiger partial charge in [-0.1, -0.05) is 33.6 Å². The van der Waals surface area contributed by atoms with Gasteiger partial charge in [-0.25, -0.2) is 4.98 Å². The zero-order valence-corrected chi connectivity index (χ0v) is 13.2. The topological polar surface area (TPSA) is 29.9 Å². The van der Waals surface area contributed by atoms with Crippen molar-refractivity contribution >= 4 is 15.9 Å². The molecule has 0 fully saturated rings. The number of hydrogen-bond donors (Lipinski definition) is 1. The van der Waals surface area contributed by atoms with E-state index in [0.29, 0.717) is 6.04 Å². The summed E-state index contributed by atoms with van der Waals surface area (Å²) < 4.78 is 3.25. The van der Waals surface area contributed by atoms with Crippen molar-refractivity contribution in [3.05, 3.63) is 52.0 Å². The average Bonchev–Trinajstić information content (AvgIpc) is 2.80. The van der Waals surface area contributed by atoms with Gasteiger partial charge in [0.15, 0.2) is 0 Å². The fraction of sp³-hybridized carbons (Fsp3) is 0.400. The molecule has 1 heterocycles. The Morgan fingerprint density at radius 2 is 2.21 bits per heavy atom. The van der Waals surface area contributed by atoms with Gasteiger partial charge in [0.1, 0.15) is 5.82 Å². The molecular weight excluding hydrogens is 302 g/mol. The van der Waals surface area contributed by atoms with Crippen molar-refractivity contribution in [2.75, 3.05) is 7.05 Å². The number of benzene rings is 1. The average molecular weight is 322 g/mol. The molecule has 19 heavy (non-hydrogen) atoms. The van der Waals surface area contributed by atoms with E-state index in [1.165, 1.54) is 11.1 Å². The molecule has 0 saturated heterocycles. The lowest BCUT2D eigenvalue weighted by molar-refractivity contribution is 0.534.